The number of aliphatic hydroxyl groups excluding tert-OH is 1. The van der Waals surface area contributed by atoms with Gasteiger partial charge in [-0.3, -0.25) is 0 Å². The zero-order valence-corrected chi connectivity index (χ0v) is 9.57. The maximum absolute atomic E-state index is 9.35. The van der Waals surface area contributed by atoms with Crippen LogP contribution in [0.2, 0.25) is 0 Å². The zero-order valence-electron chi connectivity index (χ0n) is 9.57. The van der Waals surface area contributed by atoms with Crippen LogP contribution in [0, 0.1) is 0 Å². The third kappa shape index (κ3) is 2.27. The Labute approximate surface area is 95.7 Å². The van der Waals surface area contributed by atoms with Gasteiger partial charge in [0.15, 0.2) is 0 Å². The zero-order chi connectivity index (χ0) is 11.4. The predicted octanol–water partition coefficient (Wildman–Crippen LogP) is 1.81. The second kappa shape index (κ2) is 4.70. The summed E-state index contributed by atoms with van der Waals surface area (Å²) in [5.41, 5.74) is -0.155. The van der Waals surface area contributed by atoms with E-state index in [1.165, 1.54) is 6.42 Å². The summed E-state index contributed by atoms with van der Waals surface area (Å²) in [6.07, 6.45) is 3.17. The number of nitrogens with zero attached hydrogens (tertiary/aromatic N) is 1. The number of hydrogen-bond donors (Lipinski definition) is 2. The molecule has 4 nitrogen and oxygen atoms in total. The van der Waals surface area contributed by atoms with Crippen molar-refractivity contribution < 1.29 is 9.84 Å². The minimum atomic E-state index is -0.155. The largest absolute Gasteiger partial charge is 0.478 e. The monoisotopic (exact) mass is 222 g/mol. The van der Waals surface area contributed by atoms with Crippen molar-refractivity contribution in [3.8, 4) is 5.88 Å². The minimum Gasteiger partial charge on any atom is -0.478 e. The van der Waals surface area contributed by atoms with Gasteiger partial charge in [-0.2, -0.15) is 4.98 Å². The Hall–Kier alpha value is -1.29. The van der Waals surface area contributed by atoms with E-state index in [-0.39, 0.29) is 12.1 Å². The van der Waals surface area contributed by atoms with Crippen LogP contribution in [0.1, 0.15) is 26.2 Å². The molecule has 0 aromatic carbocycles. The summed E-state index contributed by atoms with van der Waals surface area (Å²) in [4.78, 5) is 4.33. The van der Waals surface area contributed by atoms with Crippen LogP contribution in [-0.2, 0) is 0 Å². The van der Waals surface area contributed by atoms with Crippen molar-refractivity contribution in [3.05, 3.63) is 18.2 Å². The number of aliphatic hydroxyl groups is 1. The molecule has 16 heavy (non-hydrogen) atoms. The van der Waals surface area contributed by atoms with Gasteiger partial charge in [0.2, 0.25) is 5.88 Å². The minimum absolute atomic E-state index is 0.155. The SMILES string of the molecule is CCOc1cccc(NC2(CO)CCC2)n1. The molecule has 2 N–H and O–H groups in total. The Kier molecular flexibility index (Phi) is 3.29. The van der Waals surface area contributed by atoms with E-state index < -0.39 is 0 Å². The highest BCUT2D eigenvalue weighted by Gasteiger charge is 2.36. The fraction of sp³-hybridized carbons (Fsp3) is 0.583. The second-order valence-electron chi connectivity index (χ2n) is 4.21. The number of anilines is 1. The molecule has 0 bridgehead atoms. The molecule has 1 heterocycles. The second-order valence-corrected chi connectivity index (χ2v) is 4.21. The molecule has 0 amide bonds. The molecule has 1 fully saturated rings. The Morgan fingerprint density at radius 3 is 2.88 bits per heavy atom. The van der Waals surface area contributed by atoms with Crippen LogP contribution < -0.4 is 10.1 Å². The number of aromatic nitrogens is 1. The first-order chi connectivity index (χ1) is 7.78. The highest BCUT2D eigenvalue weighted by Crippen LogP contribution is 2.34. The van der Waals surface area contributed by atoms with E-state index in [1.807, 2.05) is 25.1 Å². The van der Waals surface area contributed by atoms with Gasteiger partial charge in [0.05, 0.1) is 18.8 Å². The lowest BCUT2D eigenvalue weighted by atomic mass is 9.77. The quantitative estimate of drug-likeness (QED) is 0.797. The number of pyridine rings is 1. The molecule has 0 aliphatic heterocycles. The molecule has 0 spiro atoms. The summed E-state index contributed by atoms with van der Waals surface area (Å²) in [6.45, 7) is 2.71. The Bertz CT molecular complexity index is 345. The first-order valence-corrected chi connectivity index (χ1v) is 5.77. The molecule has 4 heteroatoms. The lowest BCUT2D eigenvalue weighted by molar-refractivity contribution is 0.143. The van der Waals surface area contributed by atoms with Crippen molar-refractivity contribution >= 4 is 5.82 Å². The number of ether oxygens (including phenoxy) is 1. The van der Waals surface area contributed by atoms with Gasteiger partial charge in [-0.1, -0.05) is 6.07 Å². The Balaban J connectivity index is 2.05. The third-order valence-electron chi connectivity index (χ3n) is 3.02. The summed E-state index contributed by atoms with van der Waals surface area (Å²) in [5.74, 6) is 1.40. The number of nitrogens with one attached hydrogen (secondary N) is 1. The van der Waals surface area contributed by atoms with Crippen molar-refractivity contribution in [2.24, 2.45) is 0 Å². The van der Waals surface area contributed by atoms with Crippen molar-refractivity contribution in [2.75, 3.05) is 18.5 Å². The van der Waals surface area contributed by atoms with E-state index in [0.717, 1.165) is 18.7 Å². The summed E-state index contributed by atoms with van der Waals surface area (Å²) in [6, 6.07) is 5.64. The molecule has 0 unspecified atom stereocenters. The van der Waals surface area contributed by atoms with Gasteiger partial charge in [-0.15, -0.1) is 0 Å². The normalized spacial score (nSPS) is 17.6. The topological polar surface area (TPSA) is 54.4 Å². The summed E-state index contributed by atoms with van der Waals surface area (Å²) in [7, 11) is 0. The first-order valence-electron chi connectivity index (χ1n) is 5.77. The summed E-state index contributed by atoms with van der Waals surface area (Å²) < 4.78 is 5.33. The van der Waals surface area contributed by atoms with E-state index in [1.54, 1.807) is 0 Å². The average molecular weight is 222 g/mol. The van der Waals surface area contributed by atoms with Gasteiger partial charge in [0, 0.05) is 6.07 Å². The van der Waals surface area contributed by atoms with Crippen LogP contribution in [0.5, 0.6) is 5.88 Å². The lowest BCUT2D eigenvalue weighted by Crippen LogP contribution is -2.48. The summed E-state index contributed by atoms with van der Waals surface area (Å²) >= 11 is 0. The maximum Gasteiger partial charge on any atom is 0.215 e. The fourth-order valence-corrected chi connectivity index (χ4v) is 1.91. The van der Waals surface area contributed by atoms with E-state index >= 15 is 0 Å². The van der Waals surface area contributed by atoms with Gasteiger partial charge in [-0.25, -0.2) is 0 Å². The molecule has 0 radical (unpaired) electrons. The highest BCUT2D eigenvalue weighted by molar-refractivity contribution is 5.41. The fourth-order valence-electron chi connectivity index (χ4n) is 1.91. The molecule has 1 aliphatic rings. The molecule has 1 saturated carbocycles. The van der Waals surface area contributed by atoms with Gasteiger partial charge >= 0.3 is 0 Å². The van der Waals surface area contributed by atoms with Crippen molar-refractivity contribution in [3.63, 3.8) is 0 Å². The van der Waals surface area contributed by atoms with Gasteiger partial charge in [-0.05, 0) is 32.3 Å². The number of rotatable bonds is 5. The molecule has 1 aromatic rings. The van der Waals surface area contributed by atoms with Crippen LogP contribution in [0.25, 0.3) is 0 Å². The van der Waals surface area contributed by atoms with Gasteiger partial charge < -0.3 is 15.2 Å². The van der Waals surface area contributed by atoms with Gasteiger partial charge in [0.25, 0.3) is 0 Å². The van der Waals surface area contributed by atoms with Crippen LogP contribution in [0.15, 0.2) is 18.2 Å². The first kappa shape index (κ1) is 11.2. The molecule has 2 rings (SSSR count). The molecule has 88 valence electrons. The van der Waals surface area contributed by atoms with Crippen LogP contribution in [0.3, 0.4) is 0 Å². The number of hydrogen-bond acceptors (Lipinski definition) is 4. The van der Waals surface area contributed by atoms with Crippen molar-refractivity contribution in [1.82, 2.24) is 4.98 Å². The van der Waals surface area contributed by atoms with E-state index in [2.05, 4.69) is 10.3 Å². The summed E-state index contributed by atoms with van der Waals surface area (Å²) in [5, 5.41) is 12.6. The lowest BCUT2D eigenvalue weighted by Gasteiger charge is -2.41. The average Bonchev–Trinajstić information content (AvgIpc) is 2.25. The van der Waals surface area contributed by atoms with E-state index in [4.69, 9.17) is 4.74 Å². The smallest absolute Gasteiger partial charge is 0.215 e. The molecule has 1 aromatic heterocycles. The van der Waals surface area contributed by atoms with E-state index in [0.29, 0.717) is 12.5 Å². The van der Waals surface area contributed by atoms with Crippen LogP contribution in [-0.4, -0.2) is 28.8 Å². The molecule has 0 atom stereocenters. The van der Waals surface area contributed by atoms with Crippen LogP contribution in [0.4, 0.5) is 5.82 Å². The molecule has 1 aliphatic carbocycles. The Morgan fingerprint density at radius 2 is 2.31 bits per heavy atom. The highest BCUT2D eigenvalue weighted by atomic mass is 16.5. The van der Waals surface area contributed by atoms with Gasteiger partial charge in [0.1, 0.15) is 5.82 Å². The molecular weight excluding hydrogens is 204 g/mol. The van der Waals surface area contributed by atoms with E-state index in [9.17, 15) is 5.11 Å². The Morgan fingerprint density at radius 1 is 1.50 bits per heavy atom. The molecular formula is C12H18N2O2. The standard InChI is InChI=1S/C12H18N2O2/c1-2-16-11-6-3-5-10(13-11)14-12(9-15)7-4-8-12/h3,5-6,15H,2,4,7-9H2,1H3,(H,13,14). The van der Waals surface area contributed by atoms with Crippen LogP contribution >= 0.6 is 0 Å². The van der Waals surface area contributed by atoms with Crippen molar-refractivity contribution in [2.45, 2.75) is 31.7 Å². The van der Waals surface area contributed by atoms with Crippen molar-refractivity contribution in [1.29, 1.82) is 0 Å². The molecule has 0 saturated heterocycles. The predicted molar refractivity (Wildman–Crippen MR) is 62.7 cm³/mol. The third-order valence-corrected chi connectivity index (χ3v) is 3.02. The maximum atomic E-state index is 9.35.